The van der Waals surface area contributed by atoms with Crippen LogP contribution in [0.1, 0.15) is 12.1 Å². The smallest absolute Gasteiger partial charge is 0.0854 e. The number of fused-ring (bicyclic) bond motifs is 1. The lowest BCUT2D eigenvalue weighted by atomic mass is 10.1. The first-order valence-electron chi connectivity index (χ1n) is 6.59. The molecule has 1 aromatic carbocycles. The standard InChI is InChI=1S/C15H18N2OS/c1-17(12-6-7-19-10-12)15-8-11(9-18)16-14-5-3-2-4-13(14)15/h2-5,8,12,18H,6-7,9-10H2,1H3. The van der Waals surface area contributed by atoms with Crippen LogP contribution in [0.4, 0.5) is 5.69 Å². The fourth-order valence-corrected chi connectivity index (χ4v) is 3.88. The van der Waals surface area contributed by atoms with E-state index >= 15 is 0 Å². The van der Waals surface area contributed by atoms with Gasteiger partial charge in [-0.15, -0.1) is 0 Å². The molecule has 1 fully saturated rings. The molecule has 4 heteroatoms. The minimum Gasteiger partial charge on any atom is -0.390 e. The summed E-state index contributed by atoms with van der Waals surface area (Å²) >= 11 is 2.01. The van der Waals surface area contributed by atoms with E-state index in [0.29, 0.717) is 6.04 Å². The summed E-state index contributed by atoms with van der Waals surface area (Å²) in [6.07, 6.45) is 1.23. The number of para-hydroxylation sites is 1. The van der Waals surface area contributed by atoms with Crippen LogP contribution in [0.2, 0.25) is 0 Å². The molecule has 1 N–H and O–H groups in total. The highest BCUT2D eigenvalue weighted by Gasteiger charge is 2.22. The molecule has 0 aliphatic carbocycles. The molecule has 2 aromatic rings. The van der Waals surface area contributed by atoms with Crippen molar-refractivity contribution in [2.75, 3.05) is 23.5 Å². The van der Waals surface area contributed by atoms with Crippen molar-refractivity contribution in [2.45, 2.75) is 19.1 Å². The zero-order valence-electron chi connectivity index (χ0n) is 11.0. The molecule has 0 bridgehead atoms. The van der Waals surface area contributed by atoms with Crippen LogP contribution in [0.25, 0.3) is 10.9 Å². The van der Waals surface area contributed by atoms with E-state index in [1.807, 2.05) is 36.0 Å². The van der Waals surface area contributed by atoms with Crippen LogP contribution in [0.15, 0.2) is 30.3 Å². The zero-order chi connectivity index (χ0) is 13.2. The van der Waals surface area contributed by atoms with E-state index in [0.717, 1.165) is 11.2 Å². The molecule has 1 atom stereocenters. The third kappa shape index (κ3) is 2.42. The maximum atomic E-state index is 9.38. The van der Waals surface area contributed by atoms with E-state index in [-0.39, 0.29) is 6.61 Å². The second-order valence-corrected chi connectivity index (χ2v) is 6.09. The van der Waals surface area contributed by atoms with Crippen molar-refractivity contribution in [3.63, 3.8) is 0 Å². The summed E-state index contributed by atoms with van der Waals surface area (Å²) in [5, 5.41) is 10.5. The van der Waals surface area contributed by atoms with Crippen LogP contribution in [0.3, 0.4) is 0 Å². The summed E-state index contributed by atoms with van der Waals surface area (Å²) in [4.78, 5) is 6.83. The molecule has 0 spiro atoms. The molecule has 1 unspecified atom stereocenters. The van der Waals surface area contributed by atoms with Crippen LogP contribution in [0, 0.1) is 0 Å². The Morgan fingerprint density at radius 1 is 1.42 bits per heavy atom. The number of hydrogen-bond donors (Lipinski definition) is 1. The maximum Gasteiger partial charge on any atom is 0.0854 e. The summed E-state index contributed by atoms with van der Waals surface area (Å²) in [7, 11) is 2.15. The molecular weight excluding hydrogens is 256 g/mol. The predicted molar refractivity (Wildman–Crippen MR) is 81.8 cm³/mol. The van der Waals surface area contributed by atoms with Crippen LogP contribution in [-0.4, -0.2) is 34.7 Å². The highest BCUT2D eigenvalue weighted by molar-refractivity contribution is 7.99. The molecule has 1 aliphatic heterocycles. The van der Waals surface area contributed by atoms with Crippen LogP contribution < -0.4 is 4.90 Å². The topological polar surface area (TPSA) is 36.4 Å². The van der Waals surface area contributed by atoms with Gasteiger partial charge in [-0.25, -0.2) is 0 Å². The van der Waals surface area contributed by atoms with Crippen molar-refractivity contribution in [1.29, 1.82) is 0 Å². The minimum absolute atomic E-state index is 0.00884. The summed E-state index contributed by atoms with van der Waals surface area (Å²) < 4.78 is 0. The molecular formula is C15H18N2OS. The van der Waals surface area contributed by atoms with Crippen molar-refractivity contribution < 1.29 is 5.11 Å². The first-order chi connectivity index (χ1) is 9.29. The molecule has 0 radical (unpaired) electrons. The Kier molecular flexibility index (Phi) is 3.62. The van der Waals surface area contributed by atoms with Gasteiger partial charge < -0.3 is 10.0 Å². The summed E-state index contributed by atoms with van der Waals surface area (Å²) in [5.41, 5.74) is 2.88. The van der Waals surface area contributed by atoms with Crippen molar-refractivity contribution in [2.24, 2.45) is 0 Å². The molecule has 3 nitrogen and oxygen atoms in total. The van der Waals surface area contributed by atoms with E-state index in [1.54, 1.807) is 0 Å². The second-order valence-electron chi connectivity index (χ2n) is 4.94. The van der Waals surface area contributed by atoms with E-state index in [4.69, 9.17) is 0 Å². The minimum atomic E-state index is -0.00884. The van der Waals surface area contributed by atoms with Gasteiger partial charge in [-0.3, -0.25) is 4.98 Å². The average Bonchev–Trinajstić information content (AvgIpc) is 2.99. The fraction of sp³-hybridized carbons (Fsp3) is 0.400. The Hall–Kier alpha value is -1.26. The second kappa shape index (κ2) is 5.39. The van der Waals surface area contributed by atoms with Gasteiger partial charge in [-0.2, -0.15) is 11.8 Å². The number of hydrogen-bond acceptors (Lipinski definition) is 4. The van der Waals surface area contributed by atoms with E-state index in [9.17, 15) is 5.11 Å². The predicted octanol–water partition coefficient (Wildman–Crippen LogP) is 2.67. The Labute approximate surface area is 117 Å². The lowest BCUT2D eigenvalue weighted by Gasteiger charge is -2.27. The third-order valence-electron chi connectivity index (χ3n) is 3.74. The average molecular weight is 274 g/mol. The Morgan fingerprint density at radius 2 is 2.26 bits per heavy atom. The largest absolute Gasteiger partial charge is 0.390 e. The van der Waals surface area contributed by atoms with Gasteiger partial charge in [-0.05, 0) is 24.3 Å². The third-order valence-corrected chi connectivity index (χ3v) is 4.89. The van der Waals surface area contributed by atoms with Crippen molar-refractivity contribution in [1.82, 2.24) is 4.98 Å². The number of thioether (sulfide) groups is 1. The number of aliphatic hydroxyl groups is 1. The monoisotopic (exact) mass is 274 g/mol. The number of aromatic nitrogens is 1. The van der Waals surface area contributed by atoms with Gasteiger partial charge in [0.2, 0.25) is 0 Å². The molecule has 100 valence electrons. The molecule has 2 heterocycles. The lowest BCUT2D eigenvalue weighted by Crippen LogP contribution is -2.31. The quantitative estimate of drug-likeness (QED) is 0.933. The summed E-state index contributed by atoms with van der Waals surface area (Å²) in [6, 6.07) is 10.8. The van der Waals surface area contributed by atoms with Crippen molar-refractivity contribution in [3.8, 4) is 0 Å². The van der Waals surface area contributed by atoms with Crippen LogP contribution in [0.5, 0.6) is 0 Å². The molecule has 0 amide bonds. The number of rotatable bonds is 3. The molecule has 19 heavy (non-hydrogen) atoms. The highest BCUT2D eigenvalue weighted by Crippen LogP contribution is 2.31. The number of aliphatic hydroxyl groups excluding tert-OH is 1. The number of pyridine rings is 1. The number of anilines is 1. The van der Waals surface area contributed by atoms with Crippen LogP contribution in [-0.2, 0) is 6.61 Å². The SMILES string of the molecule is CN(c1cc(CO)nc2ccccc12)C1CCSC1. The van der Waals surface area contributed by atoms with Gasteiger partial charge >= 0.3 is 0 Å². The van der Waals surface area contributed by atoms with E-state index in [2.05, 4.69) is 23.0 Å². The molecule has 3 rings (SSSR count). The number of benzene rings is 1. The van der Waals surface area contributed by atoms with Gasteiger partial charge in [0.1, 0.15) is 0 Å². The van der Waals surface area contributed by atoms with Gasteiger partial charge in [0.25, 0.3) is 0 Å². The summed E-state index contributed by atoms with van der Waals surface area (Å²) in [6.45, 7) is -0.00884. The van der Waals surface area contributed by atoms with Gasteiger partial charge in [0, 0.05) is 29.9 Å². The first kappa shape index (κ1) is 12.8. The van der Waals surface area contributed by atoms with Crippen molar-refractivity contribution >= 4 is 28.4 Å². The fourth-order valence-electron chi connectivity index (χ4n) is 2.61. The molecule has 1 saturated heterocycles. The van der Waals surface area contributed by atoms with E-state index < -0.39 is 0 Å². The van der Waals surface area contributed by atoms with Gasteiger partial charge in [0.05, 0.1) is 17.8 Å². The highest BCUT2D eigenvalue weighted by atomic mass is 32.2. The molecule has 1 aliphatic rings. The normalized spacial score (nSPS) is 18.9. The molecule has 1 aromatic heterocycles. The van der Waals surface area contributed by atoms with Gasteiger partial charge in [0.15, 0.2) is 0 Å². The lowest BCUT2D eigenvalue weighted by molar-refractivity contribution is 0.277. The number of nitrogens with zero attached hydrogens (tertiary/aromatic N) is 2. The summed E-state index contributed by atoms with van der Waals surface area (Å²) in [5.74, 6) is 2.42. The Balaban J connectivity index is 2.09. The van der Waals surface area contributed by atoms with E-state index in [1.165, 1.54) is 29.0 Å². The molecule has 0 saturated carbocycles. The zero-order valence-corrected chi connectivity index (χ0v) is 11.9. The maximum absolute atomic E-state index is 9.38. The Bertz CT molecular complexity index is 581. The van der Waals surface area contributed by atoms with Crippen molar-refractivity contribution in [3.05, 3.63) is 36.0 Å². The van der Waals surface area contributed by atoms with Crippen LogP contribution >= 0.6 is 11.8 Å². The van der Waals surface area contributed by atoms with Gasteiger partial charge in [-0.1, -0.05) is 18.2 Å². The Morgan fingerprint density at radius 3 is 3.00 bits per heavy atom. The first-order valence-corrected chi connectivity index (χ1v) is 7.75.